The minimum atomic E-state index is -1.02. The van der Waals surface area contributed by atoms with Crippen molar-refractivity contribution in [3.05, 3.63) is 70.1 Å². The van der Waals surface area contributed by atoms with Crippen LogP contribution in [0.4, 0.5) is 4.39 Å². The zero-order chi connectivity index (χ0) is 15.9. The predicted octanol–water partition coefficient (Wildman–Crippen LogP) is 4.49. The van der Waals surface area contributed by atoms with Crippen molar-refractivity contribution in [2.45, 2.75) is 13.5 Å². The van der Waals surface area contributed by atoms with Crippen LogP contribution in [0.25, 0.3) is 10.9 Å². The fraction of sp³-hybridized carbons (Fsp3) is 0.118. The van der Waals surface area contributed by atoms with Crippen molar-refractivity contribution < 1.29 is 14.3 Å². The summed E-state index contributed by atoms with van der Waals surface area (Å²) in [6.45, 7) is 2.08. The average Bonchev–Trinajstić information content (AvgIpc) is 2.74. The summed E-state index contributed by atoms with van der Waals surface area (Å²) in [5.41, 5.74) is 2.37. The fourth-order valence-corrected chi connectivity index (χ4v) is 2.83. The number of halogens is 2. The smallest absolute Gasteiger partial charge is 0.352 e. The van der Waals surface area contributed by atoms with Gasteiger partial charge in [-0.1, -0.05) is 23.7 Å². The second kappa shape index (κ2) is 5.46. The Morgan fingerprint density at radius 2 is 1.91 bits per heavy atom. The van der Waals surface area contributed by atoms with Crippen LogP contribution in [-0.2, 0) is 6.54 Å². The van der Waals surface area contributed by atoms with Crippen molar-refractivity contribution in [3.8, 4) is 0 Å². The number of aromatic nitrogens is 1. The minimum absolute atomic E-state index is 0.176. The van der Waals surface area contributed by atoms with Crippen molar-refractivity contribution in [2.75, 3.05) is 0 Å². The van der Waals surface area contributed by atoms with Crippen LogP contribution in [0.1, 0.15) is 21.6 Å². The molecule has 0 unspecified atom stereocenters. The molecule has 112 valence electrons. The van der Waals surface area contributed by atoms with E-state index in [1.54, 1.807) is 29.7 Å². The van der Waals surface area contributed by atoms with Crippen LogP contribution in [0.3, 0.4) is 0 Å². The van der Waals surface area contributed by atoms with Crippen LogP contribution < -0.4 is 0 Å². The van der Waals surface area contributed by atoms with Crippen LogP contribution in [-0.4, -0.2) is 15.6 Å². The van der Waals surface area contributed by atoms with Gasteiger partial charge in [-0.3, -0.25) is 0 Å². The number of fused-ring (bicyclic) bond motifs is 1. The first kappa shape index (κ1) is 14.6. The van der Waals surface area contributed by atoms with Crippen LogP contribution in [0.2, 0.25) is 5.02 Å². The molecule has 1 aromatic heterocycles. The second-order valence-electron chi connectivity index (χ2n) is 5.15. The number of carbonyl (C=O) groups is 1. The number of hydrogen-bond acceptors (Lipinski definition) is 1. The standard InChI is InChI=1S/C17H13ClFNO2/c1-10-14-8-13(19)6-7-15(14)20(16(10)17(21)22)9-11-2-4-12(18)5-3-11/h2-8H,9H2,1H3,(H,21,22). The second-order valence-corrected chi connectivity index (χ2v) is 5.59. The fourth-order valence-electron chi connectivity index (χ4n) is 2.71. The van der Waals surface area contributed by atoms with E-state index in [4.69, 9.17) is 11.6 Å². The third kappa shape index (κ3) is 2.46. The Bertz CT molecular complexity index is 868. The quantitative estimate of drug-likeness (QED) is 0.773. The number of carboxylic acids is 1. The van der Waals surface area contributed by atoms with Crippen LogP contribution >= 0.6 is 11.6 Å². The van der Waals surface area contributed by atoms with Gasteiger partial charge in [0.1, 0.15) is 11.5 Å². The Labute approximate surface area is 131 Å². The number of carboxylic acid groups (broad SMARTS) is 1. The predicted molar refractivity (Wildman–Crippen MR) is 84.1 cm³/mol. The Kier molecular flexibility index (Phi) is 3.62. The van der Waals surface area contributed by atoms with Gasteiger partial charge in [-0.05, 0) is 48.4 Å². The summed E-state index contributed by atoms with van der Waals surface area (Å²) < 4.78 is 15.1. The van der Waals surface area contributed by atoms with E-state index in [-0.39, 0.29) is 11.5 Å². The number of hydrogen-bond donors (Lipinski definition) is 1. The third-order valence-corrected chi connectivity index (χ3v) is 3.99. The van der Waals surface area contributed by atoms with Gasteiger partial charge in [0.25, 0.3) is 0 Å². The molecule has 22 heavy (non-hydrogen) atoms. The molecule has 0 bridgehead atoms. The van der Waals surface area contributed by atoms with Crippen molar-refractivity contribution >= 4 is 28.5 Å². The highest BCUT2D eigenvalue weighted by Crippen LogP contribution is 2.27. The lowest BCUT2D eigenvalue weighted by atomic mass is 10.1. The molecule has 5 heteroatoms. The molecule has 0 atom stereocenters. The molecular weight excluding hydrogens is 305 g/mol. The summed E-state index contributed by atoms with van der Waals surface area (Å²) in [4.78, 5) is 11.6. The molecule has 0 spiro atoms. The molecule has 2 aromatic carbocycles. The van der Waals surface area contributed by atoms with Crippen LogP contribution in [0.15, 0.2) is 42.5 Å². The SMILES string of the molecule is Cc1c(C(=O)O)n(Cc2ccc(Cl)cc2)c2ccc(F)cc12. The van der Waals surface area contributed by atoms with Gasteiger partial charge in [-0.25, -0.2) is 9.18 Å². The number of rotatable bonds is 3. The van der Waals surface area contributed by atoms with E-state index < -0.39 is 5.97 Å². The van der Waals surface area contributed by atoms with Gasteiger partial charge in [-0.2, -0.15) is 0 Å². The summed E-state index contributed by atoms with van der Waals surface area (Å²) in [7, 11) is 0. The first-order valence-electron chi connectivity index (χ1n) is 6.73. The van der Waals surface area contributed by atoms with E-state index in [2.05, 4.69) is 0 Å². The number of aryl methyl sites for hydroxylation is 1. The normalized spacial score (nSPS) is 11.0. The van der Waals surface area contributed by atoms with Crippen molar-refractivity contribution in [1.29, 1.82) is 0 Å². The highest BCUT2D eigenvalue weighted by molar-refractivity contribution is 6.30. The summed E-state index contributed by atoms with van der Waals surface area (Å²) in [6.07, 6.45) is 0. The molecule has 3 rings (SSSR count). The van der Waals surface area contributed by atoms with Gasteiger partial charge in [-0.15, -0.1) is 0 Å². The molecule has 1 N–H and O–H groups in total. The van der Waals surface area contributed by atoms with Gasteiger partial charge in [0.05, 0.1) is 0 Å². The molecule has 0 aliphatic rings. The number of nitrogens with zero attached hydrogens (tertiary/aromatic N) is 1. The molecule has 0 aliphatic heterocycles. The molecule has 1 heterocycles. The maximum absolute atomic E-state index is 13.5. The first-order chi connectivity index (χ1) is 10.5. The molecule has 3 aromatic rings. The highest BCUT2D eigenvalue weighted by atomic mass is 35.5. The van der Waals surface area contributed by atoms with E-state index in [0.717, 1.165) is 5.56 Å². The molecule has 0 saturated heterocycles. The maximum Gasteiger partial charge on any atom is 0.352 e. The van der Waals surface area contributed by atoms with E-state index >= 15 is 0 Å². The first-order valence-corrected chi connectivity index (χ1v) is 7.11. The molecule has 0 radical (unpaired) electrons. The lowest BCUT2D eigenvalue weighted by Crippen LogP contribution is -2.10. The number of benzene rings is 2. The van der Waals surface area contributed by atoms with Crippen LogP contribution in [0.5, 0.6) is 0 Å². The molecule has 0 aliphatic carbocycles. The lowest BCUT2D eigenvalue weighted by molar-refractivity contribution is 0.0685. The van der Waals surface area contributed by atoms with Gasteiger partial charge in [0, 0.05) is 22.5 Å². The van der Waals surface area contributed by atoms with E-state index in [1.165, 1.54) is 12.1 Å². The lowest BCUT2D eigenvalue weighted by Gasteiger charge is -2.09. The summed E-state index contributed by atoms with van der Waals surface area (Å²) in [5, 5.41) is 10.7. The highest BCUT2D eigenvalue weighted by Gasteiger charge is 2.20. The van der Waals surface area contributed by atoms with Crippen LogP contribution in [0, 0.1) is 12.7 Å². The van der Waals surface area contributed by atoms with Gasteiger partial charge < -0.3 is 9.67 Å². The van der Waals surface area contributed by atoms with Crippen molar-refractivity contribution in [2.24, 2.45) is 0 Å². The largest absolute Gasteiger partial charge is 0.477 e. The Hall–Kier alpha value is -2.33. The topological polar surface area (TPSA) is 42.2 Å². The Morgan fingerprint density at radius 1 is 1.23 bits per heavy atom. The van der Waals surface area contributed by atoms with Crippen molar-refractivity contribution in [1.82, 2.24) is 4.57 Å². The third-order valence-electron chi connectivity index (χ3n) is 3.74. The van der Waals surface area contributed by atoms with Crippen molar-refractivity contribution in [3.63, 3.8) is 0 Å². The molecule has 0 amide bonds. The summed E-state index contributed by atoms with van der Waals surface area (Å²) in [5.74, 6) is -1.40. The van der Waals surface area contributed by atoms with Gasteiger partial charge in [0.15, 0.2) is 0 Å². The number of aromatic carboxylic acids is 1. The molecular formula is C17H13ClFNO2. The average molecular weight is 318 g/mol. The zero-order valence-electron chi connectivity index (χ0n) is 11.8. The van der Waals surface area contributed by atoms with E-state index in [9.17, 15) is 14.3 Å². The molecule has 0 saturated carbocycles. The summed E-state index contributed by atoms with van der Waals surface area (Å²) >= 11 is 5.87. The minimum Gasteiger partial charge on any atom is -0.477 e. The molecule has 0 fully saturated rings. The molecule has 3 nitrogen and oxygen atoms in total. The monoisotopic (exact) mass is 317 g/mol. The Balaban J connectivity index is 2.20. The van der Waals surface area contributed by atoms with Gasteiger partial charge >= 0.3 is 5.97 Å². The summed E-state index contributed by atoms with van der Waals surface area (Å²) in [6, 6.07) is 11.5. The zero-order valence-corrected chi connectivity index (χ0v) is 12.6. The van der Waals surface area contributed by atoms with Gasteiger partial charge in [0.2, 0.25) is 0 Å². The van der Waals surface area contributed by atoms with E-state index in [0.29, 0.717) is 28.0 Å². The van der Waals surface area contributed by atoms with E-state index in [1.807, 2.05) is 12.1 Å². The maximum atomic E-state index is 13.5. The Morgan fingerprint density at radius 3 is 2.55 bits per heavy atom.